The van der Waals surface area contributed by atoms with Crippen LogP contribution in [0.1, 0.15) is 16.1 Å². The van der Waals surface area contributed by atoms with Crippen molar-refractivity contribution in [1.29, 1.82) is 0 Å². The van der Waals surface area contributed by atoms with E-state index in [0.717, 1.165) is 0 Å². The number of carbonyl (C=O) groups excluding carboxylic acids is 2. The zero-order chi connectivity index (χ0) is 21.7. The number of oxime groups is 1. The van der Waals surface area contributed by atoms with E-state index in [1.165, 1.54) is 6.07 Å². The molecule has 0 saturated carbocycles. The van der Waals surface area contributed by atoms with Crippen molar-refractivity contribution >= 4 is 40.9 Å². The molecule has 3 aromatic rings. The van der Waals surface area contributed by atoms with E-state index in [0.29, 0.717) is 32.6 Å². The summed E-state index contributed by atoms with van der Waals surface area (Å²) < 4.78 is 5.14. The smallest absolute Gasteiger partial charge is 0.383 e. The fourth-order valence-electron chi connectivity index (χ4n) is 2.33. The first-order valence-electron chi connectivity index (χ1n) is 8.40. The van der Waals surface area contributed by atoms with Gasteiger partial charge < -0.3 is 21.0 Å². The highest BCUT2D eigenvalue weighted by atomic mass is 35.5. The predicted molar refractivity (Wildman–Crippen MR) is 111 cm³/mol. The first-order valence-corrected chi connectivity index (χ1v) is 9.16. The van der Waals surface area contributed by atoms with Crippen LogP contribution in [0, 0.1) is 0 Å². The Morgan fingerprint density at radius 1 is 1.07 bits per heavy atom. The Kier molecular flexibility index (Phi) is 6.55. The van der Waals surface area contributed by atoms with Gasteiger partial charge in [0.05, 0.1) is 10.7 Å². The second-order valence-corrected chi connectivity index (χ2v) is 6.77. The van der Waals surface area contributed by atoms with Gasteiger partial charge in [-0.25, -0.2) is 4.79 Å². The quantitative estimate of drug-likeness (QED) is 0.219. The van der Waals surface area contributed by atoms with Gasteiger partial charge in [-0.3, -0.25) is 9.89 Å². The molecular formula is C19H15Cl2N5O4. The topological polar surface area (TPSA) is 146 Å². The first kappa shape index (κ1) is 21.2. The van der Waals surface area contributed by atoms with E-state index in [1.807, 2.05) is 0 Å². The Labute approximate surface area is 180 Å². The number of hydrogen-bond acceptors (Lipinski definition) is 6. The molecule has 0 aliphatic rings. The van der Waals surface area contributed by atoms with Crippen molar-refractivity contribution in [2.24, 2.45) is 16.6 Å². The highest BCUT2D eigenvalue weighted by Gasteiger charge is 2.15. The Hall–Kier alpha value is -3.56. The number of halogens is 2. The third kappa shape index (κ3) is 5.28. The third-order valence-electron chi connectivity index (χ3n) is 3.76. The fourth-order valence-corrected chi connectivity index (χ4v) is 2.84. The molecule has 0 bridgehead atoms. The van der Waals surface area contributed by atoms with Crippen LogP contribution < -0.4 is 16.2 Å². The van der Waals surface area contributed by atoms with Gasteiger partial charge in [0.15, 0.2) is 12.4 Å². The molecule has 5 N–H and O–H groups in total. The first-order chi connectivity index (χ1) is 14.3. The molecule has 0 saturated heterocycles. The lowest BCUT2D eigenvalue weighted by atomic mass is 10.1. The second kappa shape index (κ2) is 9.29. The van der Waals surface area contributed by atoms with Crippen LogP contribution in [0.3, 0.4) is 0 Å². The molecule has 2 aromatic carbocycles. The monoisotopic (exact) mass is 447 g/mol. The Morgan fingerprint density at radius 3 is 2.47 bits per heavy atom. The number of carbonyl (C=O) groups is 2. The Bertz CT molecular complexity index is 1110. The number of aromatic amines is 1. The molecule has 0 atom stereocenters. The van der Waals surface area contributed by atoms with Gasteiger partial charge in [-0.2, -0.15) is 5.10 Å². The number of aromatic nitrogens is 2. The average molecular weight is 448 g/mol. The molecule has 11 heteroatoms. The lowest BCUT2D eigenvalue weighted by Gasteiger charge is -2.05. The van der Waals surface area contributed by atoms with E-state index >= 15 is 0 Å². The van der Waals surface area contributed by atoms with Crippen LogP contribution >= 0.6 is 23.2 Å². The summed E-state index contributed by atoms with van der Waals surface area (Å²) in [5, 5.41) is 11.1. The number of H-pyrrole nitrogens is 1. The van der Waals surface area contributed by atoms with E-state index in [-0.39, 0.29) is 18.1 Å². The number of rotatable bonds is 7. The maximum absolute atomic E-state index is 12.2. The largest absolute Gasteiger partial charge is 0.484 e. The zero-order valence-electron chi connectivity index (χ0n) is 15.3. The Morgan fingerprint density at radius 2 is 1.80 bits per heavy atom. The molecule has 0 aliphatic heterocycles. The van der Waals surface area contributed by atoms with Gasteiger partial charge in [-0.05, 0) is 48.5 Å². The maximum Gasteiger partial charge on any atom is 0.383 e. The van der Waals surface area contributed by atoms with Gasteiger partial charge in [0, 0.05) is 16.1 Å². The molecule has 9 nitrogen and oxygen atoms in total. The number of hydrogen-bond donors (Lipinski definition) is 3. The molecule has 1 aromatic heterocycles. The molecule has 1 amide bonds. The minimum atomic E-state index is -0.789. The van der Waals surface area contributed by atoms with Crippen molar-refractivity contribution in [1.82, 2.24) is 10.2 Å². The van der Waals surface area contributed by atoms with Crippen LogP contribution in [0.15, 0.2) is 53.7 Å². The third-order valence-corrected chi connectivity index (χ3v) is 4.31. The number of benzene rings is 2. The van der Waals surface area contributed by atoms with Crippen molar-refractivity contribution in [2.45, 2.75) is 0 Å². The van der Waals surface area contributed by atoms with Crippen molar-refractivity contribution in [3.05, 3.63) is 69.8 Å². The molecular weight excluding hydrogens is 433 g/mol. The predicted octanol–water partition coefficient (Wildman–Crippen LogP) is 2.72. The molecule has 3 rings (SSSR count). The van der Waals surface area contributed by atoms with Crippen LogP contribution in [0.25, 0.3) is 11.3 Å². The van der Waals surface area contributed by atoms with Crippen LogP contribution in [-0.4, -0.2) is 34.5 Å². The van der Waals surface area contributed by atoms with Crippen molar-refractivity contribution in [2.75, 3.05) is 6.61 Å². The summed E-state index contributed by atoms with van der Waals surface area (Å²) in [6.07, 6.45) is 0. The summed E-state index contributed by atoms with van der Waals surface area (Å²) in [4.78, 5) is 27.8. The van der Waals surface area contributed by atoms with Crippen LogP contribution in [0.4, 0.5) is 0 Å². The van der Waals surface area contributed by atoms with E-state index in [1.54, 1.807) is 42.5 Å². The summed E-state index contributed by atoms with van der Waals surface area (Å²) in [6.45, 7) is -0.242. The van der Waals surface area contributed by atoms with Crippen LogP contribution in [0.5, 0.6) is 5.75 Å². The van der Waals surface area contributed by atoms with Gasteiger partial charge in [0.25, 0.3) is 5.91 Å². The summed E-state index contributed by atoms with van der Waals surface area (Å²) in [5.74, 6) is -0.992. The lowest BCUT2D eigenvalue weighted by molar-refractivity contribution is -0.119. The zero-order valence-corrected chi connectivity index (χ0v) is 16.8. The molecule has 1 heterocycles. The molecule has 0 fully saturated rings. The number of nitrogens with zero attached hydrogens (tertiary/aromatic N) is 2. The number of primary amides is 1. The molecule has 0 spiro atoms. The normalized spacial score (nSPS) is 11.2. The van der Waals surface area contributed by atoms with E-state index < -0.39 is 11.9 Å². The van der Waals surface area contributed by atoms with E-state index in [4.69, 9.17) is 44.2 Å². The molecule has 0 unspecified atom stereocenters. The Balaban J connectivity index is 1.65. The number of amidine groups is 1. The van der Waals surface area contributed by atoms with Crippen LogP contribution in [-0.2, 0) is 9.63 Å². The molecule has 0 aliphatic carbocycles. The summed E-state index contributed by atoms with van der Waals surface area (Å²) in [5.41, 5.74) is 12.4. The maximum atomic E-state index is 12.2. The highest BCUT2D eigenvalue weighted by molar-refractivity contribution is 6.36. The number of nitrogens with two attached hydrogens (primary N) is 2. The summed E-state index contributed by atoms with van der Waals surface area (Å²) in [7, 11) is 0. The second-order valence-electron chi connectivity index (χ2n) is 5.93. The average Bonchev–Trinajstić information content (AvgIpc) is 3.20. The highest BCUT2D eigenvalue weighted by Crippen LogP contribution is 2.29. The number of nitrogens with one attached hydrogen (secondary N) is 1. The molecule has 154 valence electrons. The van der Waals surface area contributed by atoms with Gasteiger partial charge >= 0.3 is 5.97 Å². The van der Waals surface area contributed by atoms with E-state index in [2.05, 4.69) is 15.4 Å². The summed E-state index contributed by atoms with van der Waals surface area (Å²) >= 11 is 12.0. The van der Waals surface area contributed by atoms with E-state index in [9.17, 15) is 9.59 Å². The number of amides is 1. The van der Waals surface area contributed by atoms with Gasteiger partial charge in [0.2, 0.25) is 0 Å². The minimum absolute atomic E-state index is 0.0368. The SMILES string of the molecule is NC(=O)COc1ccc(/C(N)=N/OC(=O)c2cc(-c3ccc(Cl)cc3Cl)n[nH]2)cc1. The van der Waals surface area contributed by atoms with Crippen LogP contribution in [0.2, 0.25) is 10.0 Å². The van der Waals surface area contributed by atoms with Crippen molar-refractivity contribution in [3.8, 4) is 17.0 Å². The molecule has 30 heavy (non-hydrogen) atoms. The minimum Gasteiger partial charge on any atom is -0.484 e. The lowest BCUT2D eigenvalue weighted by Crippen LogP contribution is -2.20. The fraction of sp³-hybridized carbons (Fsp3) is 0.0526. The van der Waals surface area contributed by atoms with Gasteiger partial charge in [-0.1, -0.05) is 28.4 Å². The standard InChI is InChI=1S/C19H15Cl2N5O4/c20-11-3-6-13(14(21)7-11)15-8-16(25-24-15)19(28)30-26-18(23)10-1-4-12(5-2-10)29-9-17(22)27/h1-8H,9H2,(H2,22,27)(H2,23,26)(H,24,25). The number of ether oxygens (including phenoxy) is 1. The van der Waals surface area contributed by atoms with Gasteiger partial charge in [0.1, 0.15) is 11.4 Å². The van der Waals surface area contributed by atoms with Gasteiger partial charge in [-0.15, -0.1) is 0 Å². The van der Waals surface area contributed by atoms with Crippen molar-refractivity contribution < 1.29 is 19.2 Å². The summed E-state index contributed by atoms with van der Waals surface area (Å²) in [6, 6.07) is 12.7. The van der Waals surface area contributed by atoms with Crippen molar-refractivity contribution in [3.63, 3.8) is 0 Å². The molecule has 0 radical (unpaired) electrons.